The number of aryl methyl sites for hydroxylation is 2. The minimum atomic E-state index is 0.225. The molecular weight excluding hydrogens is 150 g/mol. The molecule has 0 aromatic carbocycles. The average Bonchev–Trinajstić information content (AvgIpc) is 2.30. The summed E-state index contributed by atoms with van der Waals surface area (Å²) in [6.45, 7) is 5.95. The van der Waals surface area contributed by atoms with Crippen molar-refractivity contribution in [2.24, 2.45) is 0 Å². The molecule has 0 spiro atoms. The van der Waals surface area contributed by atoms with Crippen LogP contribution in [0.15, 0.2) is 6.07 Å². The topological polar surface area (TPSA) is 32.9 Å². The largest absolute Gasteiger partial charge is 0.356 e. The van der Waals surface area contributed by atoms with Gasteiger partial charge in [0, 0.05) is 12.1 Å². The van der Waals surface area contributed by atoms with Crippen LogP contribution in [0.4, 0.5) is 0 Å². The number of hydrogen-bond acceptors (Lipinski definition) is 1. The van der Waals surface area contributed by atoms with E-state index >= 15 is 0 Å². The molecule has 1 aromatic heterocycles. The van der Waals surface area contributed by atoms with Crippen molar-refractivity contribution in [3.8, 4) is 0 Å². The van der Waals surface area contributed by atoms with Crippen LogP contribution < -0.4 is 0 Å². The molecule has 0 bridgehead atoms. The number of ketones is 1. The summed E-state index contributed by atoms with van der Waals surface area (Å²) in [5, 5.41) is 0. The van der Waals surface area contributed by atoms with Crippen molar-refractivity contribution in [3.05, 3.63) is 23.0 Å². The number of Topliss-reactive ketones (excluding diaryl/α,β-unsaturated/α-hetero) is 1. The molecule has 0 atom stereocenters. The lowest BCUT2D eigenvalue weighted by molar-refractivity contribution is 0.0977. The molecule has 0 saturated heterocycles. The maximum absolute atomic E-state index is 11.4. The lowest BCUT2D eigenvalue weighted by atomic mass is 10.1. The van der Waals surface area contributed by atoms with Crippen LogP contribution in [0.25, 0.3) is 0 Å². The van der Waals surface area contributed by atoms with E-state index in [0.29, 0.717) is 6.42 Å². The number of hydrogen-bond donors (Lipinski definition) is 1. The summed E-state index contributed by atoms with van der Waals surface area (Å²) >= 11 is 0. The third-order valence-electron chi connectivity index (χ3n) is 1.91. The second-order valence-electron chi connectivity index (χ2n) is 3.18. The molecule has 1 N–H and O–H groups in total. The summed E-state index contributed by atoms with van der Waals surface area (Å²) in [6.07, 6.45) is 1.55. The Morgan fingerprint density at radius 2 is 2.17 bits per heavy atom. The van der Waals surface area contributed by atoms with Crippen molar-refractivity contribution in [2.75, 3.05) is 0 Å². The Balaban J connectivity index is 2.87. The molecule has 0 aliphatic carbocycles. The summed E-state index contributed by atoms with van der Waals surface area (Å²) in [4.78, 5) is 14.5. The Morgan fingerprint density at radius 3 is 2.58 bits per heavy atom. The highest BCUT2D eigenvalue weighted by Gasteiger charge is 2.09. The molecule has 66 valence electrons. The van der Waals surface area contributed by atoms with E-state index in [1.807, 2.05) is 26.8 Å². The van der Waals surface area contributed by atoms with Crippen LogP contribution in [0, 0.1) is 13.8 Å². The van der Waals surface area contributed by atoms with Gasteiger partial charge in [0.05, 0.1) is 5.69 Å². The van der Waals surface area contributed by atoms with Crippen LogP contribution in [0.5, 0.6) is 0 Å². The fourth-order valence-corrected chi connectivity index (χ4v) is 1.37. The van der Waals surface area contributed by atoms with Crippen molar-refractivity contribution in [2.45, 2.75) is 33.6 Å². The average molecular weight is 165 g/mol. The van der Waals surface area contributed by atoms with Gasteiger partial charge in [0.25, 0.3) is 0 Å². The van der Waals surface area contributed by atoms with Gasteiger partial charge in [-0.1, -0.05) is 6.92 Å². The smallest absolute Gasteiger partial charge is 0.179 e. The summed E-state index contributed by atoms with van der Waals surface area (Å²) < 4.78 is 0. The zero-order chi connectivity index (χ0) is 9.14. The summed E-state index contributed by atoms with van der Waals surface area (Å²) in [5.74, 6) is 0.225. The first-order valence-electron chi connectivity index (χ1n) is 4.34. The molecule has 1 aromatic rings. The summed E-state index contributed by atoms with van der Waals surface area (Å²) in [6, 6.07) is 2.00. The minimum absolute atomic E-state index is 0.225. The Bertz CT molecular complexity index is 286. The molecule has 0 saturated carbocycles. The molecule has 2 heteroatoms. The van der Waals surface area contributed by atoms with Gasteiger partial charge in [-0.3, -0.25) is 4.79 Å². The third kappa shape index (κ3) is 1.76. The van der Waals surface area contributed by atoms with E-state index in [2.05, 4.69) is 4.98 Å². The van der Waals surface area contributed by atoms with Crippen LogP contribution >= 0.6 is 0 Å². The standard InChI is InChI=1S/C10H15NO/c1-4-5-9(12)10-7(2)6-8(3)11-10/h6,11H,4-5H2,1-3H3. The van der Waals surface area contributed by atoms with E-state index in [1.165, 1.54) is 0 Å². The van der Waals surface area contributed by atoms with Crippen LogP contribution in [0.1, 0.15) is 41.5 Å². The molecule has 1 heterocycles. The Kier molecular flexibility index (Phi) is 2.69. The van der Waals surface area contributed by atoms with E-state index in [4.69, 9.17) is 0 Å². The number of rotatable bonds is 3. The van der Waals surface area contributed by atoms with Crippen LogP contribution in [0.3, 0.4) is 0 Å². The summed E-state index contributed by atoms with van der Waals surface area (Å²) in [5.41, 5.74) is 2.91. The van der Waals surface area contributed by atoms with Gasteiger partial charge in [-0.2, -0.15) is 0 Å². The molecule has 0 amide bonds. The van der Waals surface area contributed by atoms with E-state index in [0.717, 1.165) is 23.4 Å². The predicted molar refractivity (Wildman–Crippen MR) is 49.5 cm³/mol. The monoisotopic (exact) mass is 165 g/mol. The van der Waals surface area contributed by atoms with Crippen molar-refractivity contribution < 1.29 is 4.79 Å². The molecule has 0 radical (unpaired) electrons. The van der Waals surface area contributed by atoms with Crippen molar-refractivity contribution >= 4 is 5.78 Å². The number of aromatic nitrogens is 1. The van der Waals surface area contributed by atoms with Gasteiger partial charge >= 0.3 is 0 Å². The molecule has 2 nitrogen and oxygen atoms in total. The molecular formula is C10H15NO. The van der Waals surface area contributed by atoms with Gasteiger partial charge in [0.15, 0.2) is 5.78 Å². The fraction of sp³-hybridized carbons (Fsp3) is 0.500. The number of H-pyrrole nitrogens is 1. The van der Waals surface area contributed by atoms with Crippen LogP contribution in [-0.2, 0) is 0 Å². The molecule has 0 aliphatic heterocycles. The molecule has 12 heavy (non-hydrogen) atoms. The molecule has 1 rings (SSSR count). The first-order valence-corrected chi connectivity index (χ1v) is 4.34. The molecule has 0 aliphatic rings. The van der Waals surface area contributed by atoms with Gasteiger partial charge < -0.3 is 4.98 Å². The van der Waals surface area contributed by atoms with Crippen molar-refractivity contribution in [1.82, 2.24) is 4.98 Å². The maximum atomic E-state index is 11.4. The first-order chi connectivity index (χ1) is 5.65. The van der Waals surface area contributed by atoms with Gasteiger partial charge in [-0.15, -0.1) is 0 Å². The molecule has 0 unspecified atom stereocenters. The number of nitrogens with one attached hydrogen (secondary N) is 1. The Hall–Kier alpha value is -1.05. The number of carbonyl (C=O) groups is 1. The number of aromatic amines is 1. The third-order valence-corrected chi connectivity index (χ3v) is 1.91. The first kappa shape index (κ1) is 9.04. The SMILES string of the molecule is CCCC(=O)c1[nH]c(C)cc1C. The van der Waals surface area contributed by atoms with Gasteiger partial charge in [0.1, 0.15) is 0 Å². The van der Waals surface area contributed by atoms with Crippen LogP contribution in [0.2, 0.25) is 0 Å². The van der Waals surface area contributed by atoms with Crippen LogP contribution in [-0.4, -0.2) is 10.8 Å². The minimum Gasteiger partial charge on any atom is -0.356 e. The maximum Gasteiger partial charge on any atom is 0.179 e. The fourth-order valence-electron chi connectivity index (χ4n) is 1.37. The Morgan fingerprint density at radius 1 is 1.50 bits per heavy atom. The highest BCUT2D eigenvalue weighted by atomic mass is 16.1. The molecule has 0 fully saturated rings. The second kappa shape index (κ2) is 3.57. The Labute approximate surface area is 73.0 Å². The zero-order valence-electron chi connectivity index (χ0n) is 7.90. The highest BCUT2D eigenvalue weighted by molar-refractivity contribution is 5.95. The second-order valence-corrected chi connectivity index (χ2v) is 3.18. The van der Waals surface area contributed by atoms with E-state index < -0.39 is 0 Å². The lowest BCUT2D eigenvalue weighted by Gasteiger charge is -1.96. The van der Waals surface area contributed by atoms with E-state index in [9.17, 15) is 4.79 Å². The summed E-state index contributed by atoms with van der Waals surface area (Å²) in [7, 11) is 0. The quantitative estimate of drug-likeness (QED) is 0.686. The number of carbonyl (C=O) groups excluding carboxylic acids is 1. The van der Waals surface area contributed by atoms with E-state index in [-0.39, 0.29) is 5.78 Å². The predicted octanol–water partition coefficient (Wildman–Crippen LogP) is 2.61. The van der Waals surface area contributed by atoms with Gasteiger partial charge in [0.2, 0.25) is 0 Å². The van der Waals surface area contributed by atoms with Crippen molar-refractivity contribution in [3.63, 3.8) is 0 Å². The highest BCUT2D eigenvalue weighted by Crippen LogP contribution is 2.11. The van der Waals surface area contributed by atoms with Crippen molar-refractivity contribution in [1.29, 1.82) is 0 Å². The zero-order valence-corrected chi connectivity index (χ0v) is 7.90. The lowest BCUT2D eigenvalue weighted by Crippen LogP contribution is -2.00. The van der Waals surface area contributed by atoms with Gasteiger partial charge in [-0.05, 0) is 31.9 Å². The van der Waals surface area contributed by atoms with Gasteiger partial charge in [-0.25, -0.2) is 0 Å². The normalized spacial score (nSPS) is 10.2. The van der Waals surface area contributed by atoms with E-state index in [1.54, 1.807) is 0 Å².